The predicted molar refractivity (Wildman–Crippen MR) is 87.3 cm³/mol. The molecule has 0 unspecified atom stereocenters. The minimum Gasteiger partial charge on any atom is -0.484 e. The fraction of sp³-hybridized carbons (Fsp3) is 0.0588. The van der Waals surface area contributed by atoms with E-state index in [4.69, 9.17) is 16.3 Å². The quantitative estimate of drug-likeness (QED) is 0.794. The molecule has 1 heterocycles. The molecule has 0 atom stereocenters. The second-order valence-electron chi connectivity index (χ2n) is 4.70. The van der Waals surface area contributed by atoms with Crippen LogP contribution in [0.3, 0.4) is 0 Å². The summed E-state index contributed by atoms with van der Waals surface area (Å²) in [6.45, 7) is -0.0937. The van der Waals surface area contributed by atoms with E-state index in [1.54, 1.807) is 36.7 Å². The number of amides is 1. The van der Waals surface area contributed by atoms with Crippen molar-refractivity contribution < 1.29 is 9.53 Å². The summed E-state index contributed by atoms with van der Waals surface area (Å²) in [7, 11) is 0. The third-order valence-corrected chi connectivity index (χ3v) is 3.34. The van der Waals surface area contributed by atoms with Crippen LogP contribution < -0.4 is 10.1 Å². The van der Waals surface area contributed by atoms with Gasteiger partial charge in [-0.25, -0.2) is 0 Å². The molecule has 1 N–H and O–H groups in total. The Morgan fingerprint density at radius 3 is 2.86 bits per heavy atom. The molecule has 0 radical (unpaired) electrons. The Labute approximate surface area is 132 Å². The summed E-state index contributed by atoms with van der Waals surface area (Å²) in [4.78, 5) is 16.1. The highest BCUT2D eigenvalue weighted by Crippen LogP contribution is 2.21. The molecule has 0 spiro atoms. The summed E-state index contributed by atoms with van der Waals surface area (Å²) < 4.78 is 5.42. The van der Waals surface area contributed by atoms with Gasteiger partial charge in [0.15, 0.2) is 6.61 Å². The number of hydrogen-bond acceptors (Lipinski definition) is 3. The first-order valence-electron chi connectivity index (χ1n) is 6.73. The van der Waals surface area contributed by atoms with E-state index >= 15 is 0 Å². The summed E-state index contributed by atoms with van der Waals surface area (Å²) in [6.07, 6.45) is 3.38. The van der Waals surface area contributed by atoms with Crippen molar-refractivity contribution in [2.24, 2.45) is 0 Å². The van der Waals surface area contributed by atoms with Gasteiger partial charge in [0.05, 0.1) is 11.9 Å². The van der Waals surface area contributed by atoms with Crippen LogP contribution in [-0.2, 0) is 4.79 Å². The Hall–Kier alpha value is -2.59. The highest BCUT2D eigenvalue weighted by atomic mass is 35.5. The van der Waals surface area contributed by atoms with Gasteiger partial charge in [-0.1, -0.05) is 41.9 Å². The average molecular weight is 313 g/mol. The average Bonchev–Trinajstić information content (AvgIpc) is 2.53. The van der Waals surface area contributed by atoms with Crippen molar-refractivity contribution in [1.29, 1.82) is 0 Å². The highest BCUT2D eigenvalue weighted by molar-refractivity contribution is 6.30. The molecule has 0 aliphatic rings. The highest BCUT2D eigenvalue weighted by Gasteiger charge is 2.07. The SMILES string of the molecule is O=C(COc1cccc(Cl)c1)Nc1cncc2ccccc12. The third-order valence-electron chi connectivity index (χ3n) is 3.11. The summed E-state index contributed by atoms with van der Waals surface area (Å²) in [6, 6.07) is 14.6. The Kier molecular flexibility index (Phi) is 4.21. The summed E-state index contributed by atoms with van der Waals surface area (Å²) >= 11 is 5.87. The van der Waals surface area contributed by atoms with E-state index < -0.39 is 0 Å². The van der Waals surface area contributed by atoms with E-state index in [0.29, 0.717) is 16.5 Å². The fourth-order valence-corrected chi connectivity index (χ4v) is 2.29. The number of rotatable bonds is 4. The molecule has 0 aliphatic heterocycles. The van der Waals surface area contributed by atoms with Crippen LogP contribution in [0.15, 0.2) is 60.9 Å². The number of halogens is 1. The molecule has 110 valence electrons. The predicted octanol–water partition coefficient (Wildman–Crippen LogP) is 3.91. The van der Waals surface area contributed by atoms with Crippen molar-refractivity contribution >= 4 is 34.0 Å². The standard InChI is InChI=1S/C17H13ClN2O2/c18-13-5-3-6-14(8-13)22-11-17(21)20-16-10-19-9-12-4-1-2-7-15(12)16/h1-10H,11H2,(H,20,21). The Balaban J connectivity index is 1.68. The largest absolute Gasteiger partial charge is 0.484 e. The van der Waals surface area contributed by atoms with Gasteiger partial charge in [-0.3, -0.25) is 9.78 Å². The second kappa shape index (κ2) is 6.45. The lowest BCUT2D eigenvalue weighted by Gasteiger charge is -2.09. The molecule has 1 amide bonds. The van der Waals surface area contributed by atoms with Crippen molar-refractivity contribution in [2.75, 3.05) is 11.9 Å². The number of carbonyl (C=O) groups excluding carboxylic acids is 1. The zero-order valence-corrected chi connectivity index (χ0v) is 12.4. The number of anilines is 1. The normalized spacial score (nSPS) is 10.4. The third kappa shape index (κ3) is 3.35. The van der Waals surface area contributed by atoms with E-state index in [0.717, 1.165) is 10.8 Å². The number of hydrogen-bond donors (Lipinski definition) is 1. The van der Waals surface area contributed by atoms with E-state index in [-0.39, 0.29) is 12.5 Å². The maximum absolute atomic E-state index is 12.0. The smallest absolute Gasteiger partial charge is 0.262 e. The topological polar surface area (TPSA) is 51.2 Å². The number of nitrogens with one attached hydrogen (secondary N) is 1. The maximum Gasteiger partial charge on any atom is 0.262 e. The van der Waals surface area contributed by atoms with Gasteiger partial charge >= 0.3 is 0 Å². The number of fused-ring (bicyclic) bond motifs is 1. The molecule has 3 rings (SSSR count). The van der Waals surface area contributed by atoms with E-state index in [1.165, 1.54) is 0 Å². The van der Waals surface area contributed by atoms with E-state index in [1.807, 2.05) is 24.3 Å². The Morgan fingerprint density at radius 2 is 2.00 bits per heavy atom. The monoisotopic (exact) mass is 312 g/mol. The molecule has 2 aromatic carbocycles. The van der Waals surface area contributed by atoms with Crippen LogP contribution in [-0.4, -0.2) is 17.5 Å². The summed E-state index contributed by atoms with van der Waals surface area (Å²) in [5.74, 6) is 0.303. The van der Waals surface area contributed by atoms with Gasteiger partial charge in [-0.15, -0.1) is 0 Å². The summed E-state index contributed by atoms with van der Waals surface area (Å²) in [5.41, 5.74) is 0.665. The van der Waals surface area contributed by atoms with Crippen LogP contribution in [0.4, 0.5) is 5.69 Å². The zero-order valence-electron chi connectivity index (χ0n) is 11.6. The molecule has 0 fully saturated rings. The lowest BCUT2D eigenvalue weighted by atomic mass is 10.1. The number of carbonyl (C=O) groups is 1. The molecular weight excluding hydrogens is 300 g/mol. The molecule has 0 saturated carbocycles. The lowest BCUT2D eigenvalue weighted by molar-refractivity contribution is -0.118. The number of nitrogens with zero attached hydrogens (tertiary/aromatic N) is 1. The van der Waals surface area contributed by atoms with Crippen LogP contribution >= 0.6 is 11.6 Å². The zero-order chi connectivity index (χ0) is 15.4. The van der Waals surface area contributed by atoms with E-state index in [9.17, 15) is 4.79 Å². The molecule has 1 aromatic heterocycles. The molecule has 0 aliphatic carbocycles. The molecule has 0 bridgehead atoms. The van der Waals surface area contributed by atoms with Crippen molar-refractivity contribution in [3.05, 3.63) is 65.9 Å². The van der Waals surface area contributed by atoms with Crippen LogP contribution in [0, 0.1) is 0 Å². The molecule has 3 aromatic rings. The lowest BCUT2D eigenvalue weighted by Crippen LogP contribution is -2.20. The van der Waals surface area contributed by atoms with Crippen LogP contribution in [0.25, 0.3) is 10.8 Å². The van der Waals surface area contributed by atoms with Gasteiger partial charge in [0.25, 0.3) is 5.91 Å². The number of aromatic nitrogens is 1. The van der Waals surface area contributed by atoms with Crippen LogP contribution in [0.1, 0.15) is 0 Å². The molecular formula is C17H13ClN2O2. The minimum atomic E-state index is -0.252. The Bertz CT molecular complexity index is 815. The molecule has 0 saturated heterocycles. The van der Waals surface area contributed by atoms with Gasteiger partial charge in [0, 0.05) is 22.0 Å². The van der Waals surface area contributed by atoms with Gasteiger partial charge in [-0.05, 0) is 18.2 Å². The van der Waals surface area contributed by atoms with Crippen molar-refractivity contribution in [3.63, 3.8) is 0 Å². The fourth-order valence-electron chi connectivity index (χ4n) is 2.11. The van der Waals surface area contributed by atoms with E-state index in [2.05, 4.69) is 10.3 Å². The number of ether oxygens (including phenoxy) is 1. The minimum absolute atomic E-state index is 0.0937. The van der Waals surface area contributed by atoms with Crippen molar-refractivity contribution in [3.8, 4) is 5.75 Å². The van der Waals surface area contributed by atoms with Crippen molar-refractivity contribution in [2.45, 2.75) is 0 Å². The first-order valence-corrected chi connectivity index (χ1v) is 7.11. The first kappa shape index (κ1) is 14.4. The van der Waals surface area contributed by atoms with Gasteiger partial charge < -0.3 is 10.1 Å². The summed E-state index contributed by atoms with van der Waals surface area (Å²) in [5, 5.41) is 5.28. The maximum atomic E-state index is 12.0. The molecule has 4 nitrogen and oxygen atoms in total. The van der Waals surface area contributed by atoms with Crippen LogP contribution in [0.5, 0.6) is 5.75 Å². The number of pyridine rings is 1. The first-order chi connectivity index (χ1) is 10.7. The Morgan fingerprint density at radius 1 is 1.14 bits per heavy atom. The second-order valence-corrected chi connectivity index (χ2v) is 5.14. The number of benzene rings is 2. The van der Waals surface area contributed by atoms with Crippen LogP contribution in [0.2, 0.25) is 5.02 Å². The molecule has 22 heavy (non-hydrogen) atoms. The molecule has 5 heteroatoms. The van der Waals surface area contributed by atoms with Gasteiger partial charge in [0.1, 0.15) is 5.75 Å². The van der Waals surface area contributed by atoms with Crippen molar-refractivity contribution in [1.82, 2.24) is 4.98 Å². The van der Waals surface area contributed by atoms with Gasteiger partial charge in [0.2, 0.25) is 0 Å². The van der Waals surface area contributed by atoms with Gasteiger partial charge in [-0.2, -0.15) is 0 Å².